The summed E-state index contributed by atoms with van der Waals surface area (Å²) in [4.78, 5) is 4.24. The molecule has 0 fully saturated rings. The summed E-state index contributed by atoms with van der Waals surface area (Å²) < 4.78 is 0. The fourth-order valence-electron chi connectivity index (χ4n) is 2.90. The molecule has 0 aliphatic heterocycles. The van der Waals surface area contributed by atoms with Gasteiger partial charge in [0.15, 0.2) is 0 Å². The molecule has 2 nitrogen and oxygen atoms in total. The van der Waals surface area contributed by atoms with Crippen LogP contribution < -0.4 is 24.8 Å². The van der Waals surface area contributed by atoms with Crippen molar-refractivity contribution in [3.63, 3.8) is 0 Å². The Morgan fingerprint density at radius 1 is 0.500 bits per heavy atom. The van der Waals surface area contributed by atoms with Gasteiger partial charge in [-0.05, 0) is 41.3 Å². The number of halogens is 2. The van der Waals surface area contributed by atoms with Gasteiger partial charge in [-0.3, -0.25) is 0 Å². The van der Waals surface area contributed by atoms with E-state index in [1.54, 1.807) is 0 Å². The Morgan fingerprint density at radius 3 is 0.706 bits per heavy atom. The van der Waals surface area contributed by atoms with Crippen molar-refractivity contribution in [3.05, 3.63) is 70.5 Å². The van der Waals surface area contributed by atoms with Gasteiger partial charge in [-0.15, -0.1) is 0 Å². The molecular formula is C28H50Cl2N2Ti2. The number of aryl methyl sites for hydroxylation is 4. The van der Waals surface area contributed by atoms with Crippen molar-refractivity contribution < 1.29 is 68.2 Å². The minimum atomic E-state index is 0. The van der Waals surface area contributed by atoms with E-state index in [-0.39, 0.29) is 68.2 Å². The first-order valence-electron chi connectivity index (χ1n) is 11.1. The van der Waals surface area contributed by atoms with Gasteiger partial charge in [-0.25, -0.2) is 0 Å². The molecule has 2 radical (unpaired) electrons. The summed E-state index contributed by atoms with van der Waals surface area (Å²) in [5.74, 6) is 0. The fraction of sp³-hybridized carbons (Fsp3) is 0.571. The van der Waals surface area contributed by atoms with Crippen LogP contribution in [-0.2, 0) is 43.4 Å². The Bertz CT molecular complexity index is 601. The monoisotopic (exact) mass is 580 g/mol. The van der Waals surface area contributed by atoms with Crippen molar-refractivity contribution >= 4 is 0 Å². The molecule has 0 spiro atoms. The zero-order chi connectivity index (χ0) is 24.0. The van der Waals surface area contributed by atoms with E-state index in [9.17, 15) is 0 Å². The van der Waals surface area contributed by atoms with Gasteiger partial charge in [0.1, 0.15) is 0 Å². The van der Waals surface area contributed by atoms with E-state index in [2.05, 4.69) is 91.2 Å². The molecule has 6 heteroatoms. The molecule has 2 aromatic carbocycles. The van der Waals surface area contributed by atoms with Gasteiger partial charge in [0.25, 0.3) is 0 Å². The predicted molar refractivity (Wildman–Crippen MR) is 139 cm³/mol. The summed E-state index contributed by atoms with van der Waals surface area (Å²) in [5, 5.41) is 0. The minimum Gasteiger partial charge on any atom is -1.00 e. The van der Waals surface area contributed by atoms with Crippen LogP contribution in [0.2, 0.25) is 0 Å². The molecule has 0 atom stereocenters. The number of nitrogens with zero attached hydrogens (tertiary/aromatic N) is 2. The first-order valence-corrected chi connectivity index (χ1v) is 11.1. The summed E-state index contributed by atoms with van der Waals surface area (Å²) in [6.45, 7) is 26.9. The van der Waals surface area contributed by atoms with Gasteiger partial charge in [-0.1, -0.05) is 55.4 Å². The van der Waals surface area contributed by atoms with E-state index in [1.807, 2.05) is 28.2 Å². The van der Waals surface area contributed by atoms with Crippen LogP contribution in [0.4, 0.5) is 0 Å². The van der Waals surface area contributed by atoms with Crippen molar-refractivity contribution in [3.8, 4) is 0 Å². The Kier molecular flexibility index (Phi) is 37.5. The van der Waals surface area contributed by atoms with Crippen LogP contribution in [0.25, 0.3) is 0 Å². The van der Waals surface area contributed by atoms with E-state index in [4.69, 9.17) is 0 Å². The maximum atomic E-state index is 3.68. The van der Waals surface area contributed by atoms with Gasteiger partial charge in [-0.2, -0.15) is 69.5 Å². The van der Waals surface area contributed by atoms with Gasteiger partial charge >= 0.3 is 43.4 Å². The van der Waals surface area contributed by atoms with Gasteiger partial charge in [0, 0.05) is 0 Å². The molecule has 0 aromatic heterocycles. The fourth-order valence-corrected chi connectivity index (χ4v) is 2.90. The van der Waals surface area contributed by atoms with Crippen molar-refractivity contribution in [2.75, 3.05) is 41.3 Å². The number of rotatable bonds is 4. The average molecular weight is 581 g/mol. The van der Waals surface area contributed by atoms with E-state index in [0.29, 0.717) is 0 Å². The van der Waals surface area contributed by atoms with Crippen LogP contribution in [0, 0.1) is 69.2 Å². The van der Waals surface area contributed by atoms with Crippen molar-refractivity contribution in [1.82, 2.24) is 9.80 Å². The Hall–Kier alpha value is 0.629. The van der Waals surface area contributed by atoms with Gasteiger partial charge in [0.05, 0.1) is 0 Å². The predicted octanol–water partition coefficient (Wildman–Crippen LogP) is 0.826. The quantitative estimate of drug-likeness (QED) is 0.390. The van der Waals surface area contributed by atoms with Gasteiger partial charge in [0.2, 0.25) is 0 Å². The Morgan fingerprint density at radius 2 is 0.676 bits per heavy atom. The molecule has 2 rings (SSSR count). The van der Waals surface area contributed by atoms with E-state index in [0.717, 1.165) is 25.9 Å². The molecule has 0 saturated carbocycles. The molecule has 0 bridgehead atoms. The molecule has 0 unspecified atom stereocenters. The standard InChI is InChI=1S/2C9H13.2C5H12N.2ClH.2Ti/c2*1-6-5-7(2)9(4)8(6)3;2*1-4-5-6(2)3;;;;/h2*5H,1-4H3;2*1,4-5H2,2-3H3;2*1H;;/q4*-1;;;2*+3/p-2. The topological polar surface area (TPSA) is 6.48 Å². The summed E-state index contributed by atoms with van der Waals surface area (Å²) >= 11 is 0. The maximum Gasteiger partial charge on any atom is 3.00 e. The van der Waals surface area contributed by atoms with Crippen LogP contribution in [0.1, 0.15) is 57.3 Å². The third kappa shape index (κ3) is 21.9. The zero-order valence-electron chi connectivity index (χ0n) is 24.0. The smallest absolute Gasteiger partial charge is 1.00 e. The van der Waals surface area contributed by atoms with Crippen LogP contribution in [0.3, 0.4) is 0 Å². The molecule has 0 heterocycles. The Labute approximate surface area is 256 Å². The second-order valence-corrected chi connectivity index (χ2v) is 8.83. The van der Waals surface area contributed by atoms with E-state index < -0.39 is 0 Å². The molecular weight excluding hydrogens is 531 g/mol. The molecule has 0 aliphatic carbocycles. The first-order chi connectivity index (χ1) is 13.8. The average Bonchev–Trinajstić information content (AvgIpc) is 3.00. The largest absolute Gasteiger partial charge is 3.00 e. The van der Waals surface area contributed by atoms with Crippen molar-refractivity contribution in [2.45, 2.75) is 68.2 Å². The van der Waals surface area contributed by atoms with Crippen LogP contribution in [0.15, 0.2) is 12.1 Å². The maximum absolute atomic E-state index is 3.68. The van der Waals surface area contributed by atoms with E-state index in [1.165, 1.54) is 44.5 Å². The number of hydrogen-bond acceptors (Lipinski definition) is 2. The summed E-state index contributed by atoms with van der Waals surface area (Å²) in [7, 11) is 8.19. The third-order valence-corrected chi connectivity index (χ3v) is 5.57. The molecule has 194 valence electrons. The van der Waals surface area contributed by atoms with Crippen LogP contribution >= 0.6 is 0 Å². The summed E-state index contributed by atoms with van der Waals surface area (Å²) in [6.07, 6.45) is 2.01. The SMILES string of the molecule is Cc1[cH-]c(C)c(C)c1C.Cc1[cH-]c(C)c(C)c1C.[CH2-]CCN(C)C.[CH2-]CCN(C)C.[Cl-].[Cl-].[Ti+3].[Ti+3]. The normalized spacial score (nSPS) is 8.94. The summed E-state index contributed by atoms with van der Waals surface area (Å²) in [5.41, 5.74) is 11.5. The first kappa shape index (κ1) is 47.8. The molecule has 2 aromatic rings. The number of hydrogen-bond donors (Lipinski definition) is 0. The van der Waals surface area contributed by atoms with Crippen molar-refractivity contribution in [2.24, 2.45) is 0 Å². The van der Waals surface area contributed by atoms with Crippen LogP contribution in [-0.4, -0.2) is 51.1 Å². The van der Waals surface area contributed by atoms with Gasteiger partial charge < -0.3 is 48.5 Å². The van der Waals surface area contributed by atoms with Crippen LogP contribution in [0.5, 0.6) is 0 Å². The molecule has 0 saturated heterocycles. The second-order valence-electron chi connectivity index (χ2n) is 8.83. The minimum absolute atomic E-state index is 0. The molecule has 0 aliphatic rings. The third-order valence-electron chi connectivity index (χ3n) is 5.57. The van der Waals surface area contributed by atoms with E-state index >= 15 is 0 Å². The molecule has 0 amide bonds. The molecule has 0 N–H and O–H groups in total. The second kappa shape index (κ2) is 26.7. The Balaban J connectivity index is -0.0000000754. The molecule has 34 heavy (non-hydrogen) atoms. The van der Waals surface area contributed by atoms with Crippen molar-refractivity contribution in [1.29, 1.82) is 0 Å². The summed E-state index contributed by atoms with van der Waals surface area (Å²) in [6, 6.07) is 4.48. The zero-order valence-corrected chi connectivity index (χ0v) is 28.7.